The molecule has 0 aliphatic carbocycles. The van der Waals surface area contributed by atoms with Crippen LogP contribution in [0.1, 0.15) is 34.1 Å². The summed E-state index contributed by atoms with van der Waals surface area (Å²) < 4.78 is 0. The average Bonchev–Trinajstić information content (AvgIpc) is 2.38. The second kappa shape index (κ2) is 7.42. The van der Waals surface area contributed by atoms with E-state index in [1.165, 1.54) is 16.8 Å². The molecule has 1 aliphatic rings. The van der Waals surface area contributed by atoms with Gasteiger partial charge in [0.1, 0.15) is 0 Å². The van der Waals surface area contributed by atoms with Crippen LogP contribution in [0.25, 0.3) is 0 Å². The van der Waals surface area contributed by atoms with Crippen molar-refractivity contribution in [3.05, 3.63) is 35.6 Å². The molecule has 0 radical (unpaired) electrons. The summed E-state index contributed by atoms with van der Waals surface area (Å²) in [5.41, 5.74) is 4.10. The molecule has 0 aromatic rings. The Hall–Kier alpha value is -1.02. The van der Waals surface area contributed by atoms with Crippen LogP contribution < -0.4 is 0 Å². The number of rotatable bonds is 5. The molecule has 18 heavy (non-hydrogen) atoms. The number of piperazine rings is 1. The van der Waals surface area contributed by atoms with Crippen molar-refractivity contribution in [2.75, 3.05) is 32.7 Å². The second-order valence-electron chi connectivity index (χ2n) is 5.24. The highest BCUT2D eigenvalue weighted by Crippen LogP contribution is 2.09. The van der Waals surface area contributed by atoms with E-state index in [0.29, 0.717) is 0 Å². The Bertz CT molecular complexity index is 331. The normalized spacial score (nSPS) is 19.2. The molecule has 0 N–H and O–H groups in total. The Morgan fingerprint density at radius 3 is 2.22 bits per heavy atom. The van der Waals surface area contributed by atoms with E-state index in [0.717, 1.165) is 39.1 Å². The number of hydrogen-bond donors (Lipinski definition) is 0. The lowest BCUT2D eigenvalue weighted by Gasteiger charge is -2.35. The van der Waals surface area contributed by atoms with Gasteiger partial charge in [0.15, 0.2) is 0 Å². The zero-order chi connectivity index (χ0) is 13.5. The van der Waals surface area contributed by atoms with Crippen molar-refractivity contribution in [3.8, 4) is 0 Å². The van der Waals surface area contributed by atoms with Gasteiger partial charge < -0.3 is 4.90 Å². The molecular weight excluding hydrogens is 220 g/mol. The van der Waals surface area contributed by atoms with Crippen molar-refractivity contribution in [2.45, 2.75) is 34.1 Å². The van der Waals surface area contributed by atoms with Gasteiger partial charge in [0.2, 0.25) is 0 Å². The molecule has 102 valence electrons. The molecule has 2 heteroatoms. The minimum Gasteiger partial charge on any atom is -0.373 e. The van der Waals surface area contributed by atoms with Crippen LogP contribution in [-0.4, -0.2) is 42.5 Å². The van der Waals surface area contributed by atoms with Gasteiger partial charge in [-0.15, -0.1) is 0 Å². The Morgan fingerprint density at radius 2 is 1.72 bits per heavy atom. The molecule has 2 nitrogen and oxygen atoms in total. The van der Waals surface area contributed by atoms with Gasteiger partial charge in [0.05, 0.1) is 0 Å². The summed E-state index contributed by atoms with van der Waals surface area (Å²) in [6, 6.07) is 0. The van der Waals surface area contributed by atoms with Crippen LogP contribution in [0.4, 0.5) is 0 Å². The summed E-state index contributed by atoms with van der Waals surface area (Å²) in [5.74, 6) is 0. The lowest BCUT2D eigenvalue weighted by molar-refractivity contribution is 0.172. The van der Waals surface area contributed by atoms with Crippen LogP contribution >= 0.6 is 0 Å². The van der Waals surface area contributed by atoms with Crippen LogP contribution in [0.15, 0.2) is 35.6 Å². The number of hydrogen-bond acceptors (Lipinski definition) is 2. The minimum absolute atomic E-state index is 1.07. The standard InChI is InChI=1S/C16H28N2/c1-6-15(4)16(5)8-7-9-17-10-12-18(13-11-17)14(2)3/h7-8H,2,6,9-13H2,1,3-5H3/b8-7-,16-15+. The van der Waals surface area contributed by atoms with E-state index in [4.69, 9.17) is 0 Å². The van der Waals surface area contributed by atoms with Crippen LogP contribution in [0.2, 0.25) is 0 Å². The van der Waals surface area contributed by atoms with Gasteiger partial charge in [-0.3, -0.25) is 4.90 Å². The quantitative estimate of drug-likeness (QED) is 0.688. The Balaban J connectivity index is 2.34. The summed E-state index contributed by atoms with van der Waals surface area (Å²) in [6.45, 7) is 18.3. The first kappa shape index (κ1) is 15.0. The van der Waals surface area contributed by atoms with Crippen LogP contribution in [-0.2, 0) is 0 Å². The lowest BCUT2D eigenvalue weighted by Crippen LogP contribution is -2.45. The second-order valence-corrected chi connectivity index (χ2v) is 5.24. The van der Waals surface area contributed by atoms with Gasteiger partial charge in [-0.2, -0.15) is 0 Å². The molecule has 0 amide bonds. The summed E-state index contributed by atoms with van der Waals surface area (Å²) >= 11 is 0. The predicted molar refractivity (Wildman–Crippen MR) is 80.6 cm³/mol. The molecule has 0 unspecified atom stereocenters. The summed E-state index contributed by atoms with van der Waals surface area (Å²) in [7, 11) is 0. The molecule has 1 fully saturated rings. The number of nitrogens with zero attached hydrogens (tertiary/aromatic N) is 2. The zero-order valence-electron chi connectivity index (χ0n) is 12.5. The van der Waals surface area contributed by atoms with E-state index in [1.807, 2.05) is 0 Å². The Labute approximate surface area is 113 Å². The molecule has 0 aromatic heterocycles. The Morgan fingerprint density at radius 1 is 1.11 bits per heavy atom. The first-order valence-electron chi connectivity index (χ1n) is 7.00. The first-order valence-corrected chi connectivity index (χ1v) is 7.00. The maximum Gasteiger partial charge on any atom is 0.0303 e. The third-order valence-corrected chi connectivity index (χ3v) is 3.85. The highest BCUT2D eigenvalue weighted by Gasteiger charge is 2.14. The molecule has 1 rings (SSSR count). The van der Waals surface area contributed by atoms with E-state index < -0.39 is 0 Å². The maximum absolute atomic E-state index is 4.01. The van der Waals surface area contributed by atoms with Crippen molar-refractivity contribution >= 4 is 0 Å². The van der Waals surface area contributed by atoms with Gasteiger partial charge in [-0.25, -0.2) is 0 Å². The highest BCUT2D eigenvalue weighted by molar-refractivity contribution is 5.22. The number of allylic oxidation sites excluding steroid dienone is 4. The smallest absolute Gasteiger partial charge is 0.0303 e. The largest absolute Gasteiger partial charge is 0.373 e. The predicted octanol–water partition coefficient (Wildman–Crippen LogP) is 3.44. The van der Waals surface area contributed by atoms with E-state index in [-0.39, 0.29) is 0 Å². The van der Waals surface area contributed by atoms with Gasteiger partial charge in [-0.05, 0) is 27.2 Å². The third-order valence-electron chi connectivity index (χ3n) is 3.85. The first-order chi connectivity index (χ1) is 8.54. The van der Waals surface area contributed by atoms with E-state index in [9.17, 15) is 0 Å². The van der Waals surface area contributed by atoms with E-state index in [1.54, 1.807) is 0 Å². The molecule has 1 aliphatic heterocycles. The summed E-state index contributed by atoms with van der Waals surface area (Å²) in [4.78, 5) is 4.87. The van der Waals surface area contributed by atoms with Gasteiger partial charge in [-0.1, -0.05) is 36.8 Å². The summed E-state index contributed by atoms with van der Waals surface area (Å²) in [6.07, 6.45) is 5.71. The van der Waals surface area contributed by atoms with E-state index >= 15 is 0 Å². The van der Waals surface area contributed by atoms with Crippen molar-refractivity contribution in [1.29, 1.82) is 0 Å². The molecule has 0 atom stereocenters. The topological polar surface area (TPSA) is 6.48 Å². The summed E-state index contributed by atoms with van der Waals surface area (Å²) in [5, 5.41) is 0. The fourth-order valence-corrected chi connectivity index (χ4v) is 2.11. The molecule has 0 bridgehead atoms. The molecule has 1 saturated heterocycles. The SMILES string of the molecule is C=C(C)N1CCN(C/C=C\C(C)=C(/C)CC)CC1. The molecule has 1 heterocycles. The van der Waals surface area contributed by atoms with Crippen molar-refractivity contribution < 1.29 is 0 Å². The Kier molecular flexibility index (Phi) is 6.20. The van der Waals surface area contributed by atoms with Crippen LogP contribution in [0, 0.1) is 0 Å². The van der Waals surface area contributed by atoms with Crippen LogP contribution in [0.5, 0.6) is 0 Å². The van der Waals surface area contributed by atoms with Crippen molar-refractivity contribution in [3.63, 3.8) is 0 Å². The van der Waals surface area contributed by atoms with Gasteiger partial charge in [0.25, 0.3) is 0 Å². The van der Waals surface area contributed by atoms with Gasteiger partial charge in [0, 0.05) is 38.4 Å². The van der Waals surface area contributed by atoms with Crippen molar-refractivity contribution in [2.24, 2.45) is 0 Å². The highest BCUT2D eigenvalue weighted by atomic mass is 15.3. The van der Waals surface area contributed by atoms with E-state index in [2.05, 4.69) is 56.2 Å². The monoisotopic (exact) mass is 248 g/mol. The zero-order valence-corrected chi connectivity index (χ0v) is 12.5. The third kappa shape index (κ3) is 4.69. The molecule has 0 spiro atoms. The molecule has 0 aromatic carbocycles. The fourth-order valence-electron chi connectivity index (χ4n) is 2.11. The van der Waals surface area contributed by atoms with Gasteiger partial charge >= 0.3 is 0 Å². The minimum atomic E-state index is 1.07. The molecular formula is C16H28N2. The maximum atomic E-state index is 4.01. The van der Waals surface area contributed by atoms with Crippen molar-refractivity contribution in [1.82, 2.24) is 9.80 Å². The molecule has 0 saturated carbocycles. The lowest BCUT2D eigenvalue weighted by atomic mass is 10.1. The van der Waals surface area contributed by atoms with Crippen LogP contribution in [0.3, 0.4) is 0 Å². The average molecular weight is 248 g/mol. The fraction of sp³-hybridized carbons (Fsp3) is 0.625.